The van der Waals surface area contributed by atoms with Gasteiger partial charge in [-0.15, -0.1) is 0 Å². The van der Waals surface area contributed by atoms with Crippen molar-refractivity contribution in [3.63, 3.8) is 0 Å². The van der Waals surface area contributed by atoms with Crippen molar-refractivity contribution in [2.24, 2.45) is 0 Å². The minimum atomic E-state index is 0.441. The standard InChI is InChI=1S/C13H23N5/c1-4-10(2)17-12-7-13(16-9-15-12)18-6-5-11(8-18)14-3/h7,9-11,14H,4-6,8H2,1-3H3,(H,15,16,17)/t10-,11+/m0/s1. The average molecular weight is 249 g/mol. The van der Waals surface area contributed by atoms with Crippen LogP contribution in [0.25, 0.3) is 0 Å². The van der Waals surface area contributed by atoms with Crippen LogP contribution in [0.2, 0.25) is 0 Å². The SMILES string of the molecule is CC[C@H](C)Nc1cc(N2CC[C@@H](NC)C2)ncn1. The highest BCUT2D eigenvalue weighted by Crippen LogP contribution is 2.20. The Morgan fingerprint density at radius 3 is 3.00 bits per heavy atom. The summed E-state index contributed by atoms with van der Waals surface area (Å²) in [6, 6.07) is 3.06. The van der Waals surface area contributed by atoms with Gasteiger partial charge in [0, 0.05) is 31.2 Å². The lowest BCUT2D eigenvalue weighted by Gasteiger charge is -2.19. The van der Waals surface area contributed by atoms with E-state index in [1.54, 1.807) is 6.33 Å². The fourth-order valence-electron chi connectivity index (χ4n) is 2.16. The highest BCUT2D eigenvalue weighted by atomic mass is 15.2. The number of aromatic nitrogens is 2. The summed E-state index contributed by atoms with van der Waals surface area (Å²) in [5, 5.41) is 6.71. The molecule has 5 heteroatoms. The fourth-order valence-corrected chi connectivity index (χ4v) is 2.16. The van der Waals surface area contributed by atoms with E-state index in [1.165, 1.54) is 6.42 Å². The van der Waals surface area contributed by atoms with Gasteiger partial charge in [-0.3, -0.25) is 0 Å². The Bertz CT molecular complexity index is 381. The van der Waals surface area contributed by atoms with Crippen LogP contribution < -0.4 is 15.5 Å². The van der Waals surface area contributed by atoms with Crippen molar-refractivity contribution in [3.8, 4) is 0 Å². The maximum Gasteiger partial charge on any atom is 0.134 e. The first-order valence-electron chi connectivity index (χ1n) is 6.73. The van der Waals surface area contributed by atoms with Crippen molar-refractivity contribution in [2.75, 3.05) is 30.4 Å². The second-order valence-corrected chi connectivity index (χ2v) is 4.94. The molecule has 5 nitrogen and oxygen atoms in total. The van der Waals surface area contributed by atoms with E-state index >= 15 is 0 Å². The molecule has 1 aromatic heterocycles. The van der Waals surface area contributed by atoms with E-state index in [2.05, 4.69) is 39.3 Å². The molecule has 1 fully saturated rings. The third kappa shape index (κ3) is 3.10. The molecule has 0 saturated carbocycles. The second-order valence-electron chi connectivity index (χ2n) is 4.94. The summed E-state index contributed by atoms with van der Waals surface area (Å²) in [5.74, 6) is 1.94. The molecule has 1 aliphatic heterocycles. The molecule has 1 aromatic rings. The predicted molar refractivity (Wildman–Crippen MR) is 75.1 cm³/mol. The quantitative estimate of drug-likeness (QED) is 0.828. The highest BCUT2D eigenvalue weighted by molar-refractivity contribution is 5.49. The number of nitrogens with one attached hydrogen (secondary N) is 2. The topological polar surface area (TPSA) is 53.1 Å². The molecule has 2 heterocycles. The molecule has 2 N–H and O–H groups in total. The lowest BCUT2D eigenvalue weighted by molar-refractivity contribution is 0.616. The van der Waals surface area contributed by atoms with Crippen LogP contribution in [0.1, 0.15) is 26.7 Å². The van der Waals surface area contributed by atoms with Crippen LogP contribution in [0.5, 0.6) is 0 Å². The number of anilines is 2. The zero-order chi connectivity index (χ0) is 13.0. The van der Waals surface area contributed by atoms with Gasteiger partial charge < -0.3 is 15.5 Å². The van der Waals surface area contributed by atoms with Crippen molar-refractivity contribution >= 4 is 11.6 Å². The summed E-state index contributed by atoms with van der Waals surface area (Å²) in [5.41, 5.74) is 0. The normalized spacial score (nSPS) is 21.1. The molecular formula is C13H23N5. The van der Waals surface area contributed by atoms with Crippen LogP contribution in [0, 0.1) is 0 Å². The Hall–Kier alpha value is -1.36. The molecule has 18 heavy (non-hydrogen) atoms. The molecule has 0 amide bonds. The van der Waals surface area contributed by atoms with Gasteiger partial charge in [-0.2, -0.15) is 0 Å². The Labute approximate surface area is 109 Å². The van der Waals surface area contributed by atoms with Crippen LogP contribution in [0.4, 0.5) is 11.6 Å². The molecule has 1 saturated heterocycles. The van der Waals surface area contributed by atoms with Crippen molar-refractivity contribution < 1.29 is 0 Å². The monoisotopic (exact) mass is 249 g/mol. The Morgan fingerprint density at radius 1 is 1.50 bits per heavy atom. The zero-order valence-corrected chi connectivity index (χ0v) is 11.5. The van der Waals surface area contributed by atoms with Gasteiger partial charge in [-0.1, -0.05) is 6.92 Å². The van der Waals surface area contributed by atoms with Crippen LogP contribution >= 0.6 is 0 Å². The van der Waals surface area contributed by atoms with E-state index in [4.69, 9.17) is 0 Å². The Morgan fingerprint density at radius 2 is 2.33 bits per heavy atom. The van der Waals surface area contributed by atoms with Gasteiger partial charge in [0.1, 0.15) is 18.0 Å². The average Bonchev–Trinajstić information content (AvgIpc) is 2.87. The van der Waals surface area contributed by atoms with Gasteiger partial charge in [0.25, 0.3) is 0 Å². The highest BCUT2D eigenvalue weighted by Gasteiger charge is 2.22. The zero-order valence-electron chi connectivity index (χ0n) is 11.5. The first kappa shape index (κ1) is 13.1. The Balaban J connectivity index is 2.03. The van der Waals surface area contributed by atoms with Gasteiger partial charge in [-0.25, -0.2) is 9.97 Å². The largest absolute Gasteiger partial charge is 0.367 e. The van der Waals surface area contributed by atoms with Crippen LogP contribution in [0.15, 0.2) is 12.4 Å². The molecule has 100 valence electrons. The third-order valence-electron chi connectivity index (χ3n) is 3.58. The van der Waals surface area contributed by atoms with Gasteiger partial charge in [0.15, 0.2) is 0 Å². The van der Waals surface area contributed by atoms with E-state index in [9.17, 15) is 0 Å². The van der Waals surface area contributed by atoms with Gasteiger partial charge in [0.05, 0.1) is 0 Å². The third-order valence-corrected chi connectivity index (χ3v) is 3.58. The lowest BCUT2D eigenvalue weighted by Crippen LogP contribution is -2.30. The summed E-state index contributed by atoms with van der Waals surface area (Å²) in [4.78, 5) is 11.0. The lowest BCUT2D eigenvalue weighted by atomic mass is 10.2. The first-order valence-corrected chi connectivity index (χ1v) is 6.73. The van der Waals surface area contributed by atoms with Crippen molar-refractivity contribution in [1.82, 2.24) is 15.3 Å². The van der Waals surface area contributed by atoms with E-state index in [1.807, 2.05) is 13.1 Å². The minimum Gasteiger partial charge on any atom is -0.367 e. The maximum atomic E-state index is 4.37. The molecule has 0 radical (unpaired) electrons. The molecule has 0 bridgehead atoms. The Kier molecular flexibility index (Phi) is 4.36. The molecular weight excluding hydrogens is 226 g/mol. The summed E-state index contributed by atoms with van der Waals surface area (Å²) in [7, 11) is 2.02. The maximum absolute atomic E-state index is 4.37. The summed E-state index contributed by atoms with van der Waals surface area (Å²) < 4.78 is 0. The van der Waals surface area contributed by atoms with Crippen molar-refractivity contribution in [1.29, 1.82) is 0 Å². The van der Waals surface area contributed by atoms with Gasteiger partial charge in [-0.05, 0) is 26.8 Å². The van der Waals surface area contributed by atoms with Crippen LogP contribution in [-0.4, -0.2) is 42.2 Å². The summed E-state index contributed by atoms with van der Waals surface area (Å²) in [6.07, 6.45) is 3.91. The molecule has 0 aromatic carbocycles. The second kappa shape index (κ2) is 6.00. The number of hydrogen-bond donors (Lipinski definition) is 2. The molecule has 1 aliphatic rings. The number of nitrogens with zero attached hydrogens (tertiary/aromatic N) is 3. The van der Waals surface area contributed by atoms with Crippen molar-refractivity contribution in [3.05, 3.63) is 12.4 Å². The fraction of sp³-hybridized carbons (Fsp3) is 0.692. The molecule has 0 unspecified atom stereocenters. The molecule has 0 aliphatic carbocycles. The van der Waals surface area contributed by atoms with E-state index < -0.39 is 0 Å². The summed E-state index contributed by atoms with van der Waals surface area (Å²) >= 11 is 0. The first-order chi connectivity index (χ1) is 8.72. The number of likely N-dealkylation sites (N-methyl/N-ethyl adjacent to an activating group) is 1. The predicted octanol–water partition coefficient (Wildman–Crippen LogP) is 1.49. The van der Waals surface area contributed by atoms with E-state index in [0.717, 1.165) is 31.1 Å². The van der Waals surface area contributed by atoms with E-state index in [0.29, 0.717) is 12.1 Å². The minimum absolute atomic E-state index is 0.441. The van der Waals surface area contributed by atoms with Crippen LogP contribution in [-0.2, 0) is 0 Å². The van der Waals surface area contributed by atoms with Crippen LogP contribution in [0.3, 0.4) is 0 Å². The summed E-state index contributed by atoms with van der Waals surface area (Å²) in [6.45, 7) is 6.41. The molecule has 2 atom stereocenters. The number of rotatable bonds is 5. The smallest absolute Gasteiger partial charge is 0.134 e. The van der Waals surface area contributed by atoms with Gasteiger partial charge in [0.2, 0.25) is 0 Å². The molecule has 0 spiro atoms. The van der Waals surface area contributed by atoms with Gasteiger partial charge >= 0.3 is 0 Å². The molecule has 2 rings (SSSR count). The number of hydrogen-bond acceptors (Lipinski definition) is 5. The van der Waals surface area contributed by atoms with Crippen molar-refractivity contribution in [2.45, 2.75) is 38.8 Å². The van der Waals surface area contributed by atoms with E-state index in [-0.39, 0.29) is 0 Å².